The Hall–Kier alpha value is -3.23. The summed E-state index contributed by atoms with van der Waals surface area (Å²) >= 11 is 0. The summed E-state index contributed by atoms with van der Waals surface area (Å²) < 4.78 is 0. The number of nitrogens with one attached hydrogen (secondary N) is 2. The van der Waals surface area contributed by atoms with E-state index in [0.717, 1.165) is 31.9 Å². The molecule has 4 N–H and O–H groups in total. The van der Waals surface area contributed by atoms with Crippen molar-refractivity contribution in [3.05, 3.63) is 65.7 Å². The van der Waals surface area contributed by atoms with Gasteiger partial charge in [0.2, 0.25) is 5.91 Å². The van der Waals surface area contributed by atoms with Gasteiger partial charge >= 0.3 is 11.9 Å². The molecule has 166 valence electrons. The number of anilines is 1. The lowest BCUT2D eigenvalue weighted by Crippen LogP contribution is -2.41. The molecule has 1 fully saturated rings. The number of likely N-dealkylation sites (tertiary alicyclic amines) is 1. The highest BCUT2D eigenvalue weighted by Crippen LogP contribution is 2.15. The quantitative estimate of drug-likeness (QED) is 0.523. The van der Waals surface area contributed by atoms with Crippen molar-refractivity contribution in [2.75, 3.05) is 18.4 Å². The first-order chi connectivity index (χ1) is 14.8. The van der Waals surface area contributed by atoms with Crippen LogP contribution in [0.25, 0.3) is 0 Å². The standard InChI is InChI=1S/C21H27N3O.C2H2O4/c1-17(25)23-21-9-7-18(8-10-21)15-22-20-11-13-24(14-12-20)16-19-5-3-2-4-6-19;3-1(4)2(5)6/h2-10,20,22H,11-16H2,1H3,(H,23,25);(H,3,4)(H,5,6). The molecule has 1 amide bonds. The Balaban J connectivity index is 0.000000501. The molecule has 2 aromatic rings. The minimum absolute atomic E-state index is 0.0341. The molecule has 1 aliphatic heterocycles. The fourth-order valence-electron chi connectivity index (χ4n) is 3.31. The van der Waals surface area contributed by atoms with Crippen LogP contribution in [0.3, 0.4) is 0 Å². The molecule has 0 radical (unpaired) electrons. The van der Waals surface area contributed by atoms with Crippen molar-refractivity contribution in [1.29, 1.82) is 0 Å². The second-order valence-electron chi connectivity index (χ2n) is 7.41. The molecule has 8 heteroatoms. The molecule has 31 heavy (non-hydrogen) atoms. The summed E-state index contributed by atoms with van der Waals surface area (Å²) in [6, 6.07) is 19.4. The number of nitrogens with zero attached hydrogens (tertiary/aromatic N) is 1. The van der Waals surface area contributed by atoms with Gasteiger partial charge in [0.25, 0.3) is 0 Å². The highest BCUT2D eigenvalue weighted by molar-refractivity contribution is 6.27. The molecule has 0 atom stereocenters. The van der Waals surface area contributed by atoms with Gasteiger partial charge in [-0.25, -0.2) is 9.59 Å². The lowest BCUT2D eigenvalue weighted by Gasteiger charge is -2.32. The Kier molecular flexibility index (Phi) is 9.67. The molecule has 8 nitrogen and oxygen atoms in total. The number of hydrogen-bond acceptors (Lipinski definition) is 5. The SMILES string of the molecule is CC(=O)Nc1ccc(CNC2CCN(Cc3ccccc3)CC2)cc1.O=C(O)C(=O)O. The number of amides is 1. The fourth-order valence-corrected chi connectivity index (χ4v) is 3.31. The van der Waals surface area contributed by atoms with Gasteiger partial charge in [-0.3, -0.25) is 9.69 Å². The summed E-state index contributed by atoms with van der Waals surface area (Å²) in [4.78, 5) is 31.8. The smallest absolute Gasteiger partial charge is 0.414 e. The predicted molar refractivity (Wildman–Crippen MR) is 118 cm³/mol. The first-order valence-electron chi connectivity index (χ1n) is 10.2. The monoisotopic (exact) mass is 427 g/mol. The van der Waals surface area contributed by atoms with Crippen LogP contribution in [-0.4, -0.2) is 52.1 Å². The van der Waals surface area contributed by atoms with E-state index in [-0.39, 0.29) is 5.91 Å². The summed E-state index contributed by atoms with van der Waals surface area (Å²) in [5.74, 6) is -3.68. The van der Waals surface area contributed by atoms with Crippen molar-refractivity contribution in [3.63, 3.8) is 0 Å². The van der Waals surface area contributed by atoms with Crippen molar-refractivity contribution in [2.24, 2.45) is 0 Å². The van der Waals surface area contributed by atoms with Crippen molar-refractivity contribution >= 4 is 23.5 Å². The van der Waals surface area contributed by atoms with Crippen LogP contribution in [-0.2, 0) is 27.5 Å². The van der Waals surface area contributed by atoms with Crippen LogP contribution in [0.1, 0.15) is 30.9 Å². The first-order valence-corrected chi connectivity index (χ1v) is 10.2. The molecule has 0 bridgehead atoms. The Morgan fingerprint density at radius 1 is 0.903 bits per heavy atom. The van der Waals surface area contributed by atoms with Crippen LogP contribution in [0, 0.1) is 0 Å². The van der Waals surface area contributed by atoms with E-state index in [2.05, 4.69) is 58.0 Å². The van der Waals surface area contributed by atoms with Gasteiger partial charge in [-0.1, -0.05) is 42.5 Å². The number of hydrogen-bond donors (Lipinski definition) is 4. The van der Waals surface area contributed by atoms with Gasteiger partial charge in [0.05, 0.1) is 0 Å². The summed E-state index contributed by atoms with van der Waals surface area (Å²) in [5.41, 5.74) is 3.50. The average molecular weight is 428 g/mol. The highest BCUT2D eigenvalue weighted by Gasteiger charge is 2.18. The number of aliphatic carboxylic acids is 2. The lowest BCUT2D eigenvalue weighted by molar-refractivity contribution is -0.159. The van der Waals surface area contributed by atoms with Gasteiger partial charge in [0.1, 0.15) is 0 Å². The van der Waals surface area contributed by atoms with E-state index in [1.807, 2.05) is 12.1 Å². The molecule has 1 saturated heterocycles. The molecule has 3 rings (SSSR count). The second kappa shape index (κ2) is 12.5. The van der Waals surface area contributed by atoms with E-state index in [1.165, 1.54) is 30.9 Å². The van der Waals surface area contributed by atoms with Crippen molar-refractivity contribution in [1.82, 2.24) is 10.2 Å². The minimum Gasteiger partial charge on any atom is -0.473 e. The van der Waals surface area contributed by atoms with Crippen LogP contribution in [0.2, 0.25) is 0 Å². The molecule has 0 aromatic heterocycles. The molecular formula is C23H29N3O5. The summed E-state index contributed by atoms with van der Waals surface area (Å²) in [6.45, 7) is 5.75. The molecule has 0 spiro atoms. The fraction of sp³-hybridized carbons (Fsp3) is 0.348. The van der Waals surface area contributed by atoms with Gasteiger partial charge in [-0.15, -0.1) is 0 Å². The highest BCUT2D eigenvalue weighted by atomic mass is 16.4. The van der Waals surface area contributed by atoms with E-state index in [9.17, 15) is 4.79 Å². The largest absolute Gasteiger partial charge is 0.473 e. The third kappa shape index (κ3) is 9.41. The third-order valence-corrected chi connectivity index (χ3v) is 4.89. The van der Waals surface area contributed by atoms with Gasteiger partial charge in [-0.2, -0.15) is 0 Å². The normalized spacial score (nSPS) is 14.2. The zero-order chi connectivity index (χ0) is 22.6. The van der Waals surface area contributed by atoms with E-state index in [4.69, 9.17) is 19.8 Å². The second-order valence-corrected chi connectivity index (χ2v) is 7.41. The number of rotatable bonds is 6. The van der Waals surface area contributed by atoms with Crippen LogP contribution in [0.5, 0.6) is 0 Å². The topological polar surface area (TPSA) is 119 Å². The van der Waals surface area contributed by atoms with Gasteiger partial charge in [0, 0.05) is 31.7 Å². The van der Waals surface area contributed by atoms with Crippen LogP contribution in [0.15, 0.2) is 54.6 Å². The van der Waals surface area contributed by atoms with Gasteiger partial charge < -0.3 is 20.8 Å². The van der Waals surface area contributed by atoms with Crippen LogP contribution < -0.4 is 10.6 Å². The molecule has 1 aliphatic rings. The Labute approximate surface area is 181 Å². The molecular weight excluding hydrogens is 398 g/mol. The maximum atomic E-state index is 11.0. The van der Waals surface area contributed by atoms with Crippen LogP contribution in [0.4, 0.5) is 5.69 Å². The summed E-state index contributed by atoms with van der Waals surface area (Å²) in [5, 5.41) is 21.2. The molecule has 0 unspecified atom stereocenters. The average Bonchev–Trinajstić information content (AvgIpc) is 2.75. The number of piperidine rings is 1. The van der Waals surface area contributed by atoms with Crippen LogP contribution >= 0.6 is 0 Å². The Bertz CT molecular complexity index is 835. The zero-order valence-corrected chi connectivity index (χ0v) is 17.6. The zero-order valence-electron chi connectivity index (χ0n) is 17.6. The van der Waals surface area contributed by atoms with E-state index in [0.29, 0.717) is 6.04 Å². The molecule has 1 heterocycles. The minimum atomic E-state index is -1.82. The van der Waals surface area contributed by atoms with Gasteiger partial charge in [0.15, 0.2) is 0 Å². The van der Waals surface area contributed by atoms with E-state index < -0.39 is 11.9 Å². The number of carboxylic acids is 2. The summed E-state index contributed by atoms with van der Waals surface area (Å²) in [7, 11) is 0. The van der Waals surface area contributed by atoms with Crippen molar-refractivity contribution in [3.8, 4) is 0 Å². The van der Waals surface area contributed by atoms with Gasteiger partial charge in [-0.05, 0) is 49.2 Å². The number of benzene rings is 2. The Morgan fingerprint density at radius 3 is 2.00 bits per heavy atom. The van der Waals surface area contributed by atoms with E-state index >= 15 is 0 Å². The third-order valence-electron chi connectivity index (χ3n) is 4.89. The van der Waals surface area contributed by atoms with E-state index in [1.54, 1.807) is 0 Å². The molecule has 0 saturated carbocycles. The maximum absolute atomic E-state index is 11.0. The van der Waals surface area contributed by atoms with Crippen molar-refractivity contribution < 1.29 is 24.6 Å². The number of carbonyl (C=O) groups is 3. The Morgan fingerprint density at radius 2 is 1.48 bits per heavy atom. The number of carboxylic acid groups (broad SMARTS) is 2. The molecule has 0 aliphatic carbocycles. The maximum Gasteiger partial charge on any atom is 0.414 e. The lowest BCUT2D eigenvalue weighted by atomic mass is 10.0. The number of carbonyl (C=O) groups excluding carboxylic acids is 1. The molecule has 2 aromatic carbocycles. The summed E-state index contributed by atoms with van der Waals surface area (Å²) in [6.07, 6.45) is 2.38. The predicted octanol–water partition coefficient (Wildman–Crippen LogP) is 2.55. The first kappa shape index (κ1) is 24.0. The van der Waals surface area contributed by atoms with Crippen molar-refractivity contribution in [2.45, 2.75) is 38.9 Å².